The average molecular weight is 1650 g/mol. The number of benzene rings is 12. The molecule has 15 rings (SSSR count). The van der Waals surface area contributed by atoms with E-state index in [1.807, 2.05) is 148 Å². The molecule has 0 radical (unpaired) electrons. The number of amides is 4. The summed E-state index contributed by atoms with van der Waals surface area (Å²) in [7, 11) is -0.0915. The van der Waals surface area contributed by atoms with E-state index in [1.54, 1.807) is 98.0 Å². The monoisotopic (exact) mass is 1640 g/mol. The maximum atomic E-state index is 14.5. The number of nitrogens with zero attached hydrogens (tertiary/aromatic N) is 9. The van der Waals surface area contributed by atoms with Crippen molar-refractivity contribution < 1.29 is 32.3 Å². The molecule has 4 amide bonds. The number of carbonyl (C=O) groups excluding carboxylic acids is 4. The predicted molar refractivity (Wildman–Crippen MR) is 494 cm³/mol. The highest BCUT2D eigenvalue weighted by Gasteiger charge is 2.33. The van der Waals surface area contributed by atoms with Gasteiger partial charge < -0.3 is 54.4 Å². The van der Waals surface area contributed by atoms with Gasteiger partial charge in [0.25, 0.3) is 23.6 Å². The largest absolute Gasteiger partial charge is 0.493 e. The molecule has 25 heteroatoms. The van der Waals surface area contributed by atoms with Gasteiger partial charge in [-0.1, -0.05) is 116 Å². The summed E-state index contributed by atoms with van der Waals surface area (Å²) in [6.07, 6.45) is 1.61. The first-order chi connectivity index (χ1) is 58.4. The van der Waals surface area contributed by atoms with Gasteiger partial charge in [0, 0.05) is 134 Å². The van der Waals surface area contributed by atoms with Crippen molar-refractivity contribution in [1.29, 1.82) is 0 Å². The molecule has 5 N–H and O–H groups in total. The van der Waals surface area contributed by atoms with Crippen molar-refractivity contribution in [1.82, 2.24) is 39.3 Å². The summed E-state index contributed by atoms with van der Waals surface area (Å²) in [6.45, 7) is 30.9. The molecule has 3 aliphatic carbocycles. The van der Waals surface area contributed by atoms with Gasteiger partial charge in [-0.25, -0.2) is 23.4 Å². The molecular weight excluding hydrogens is 1540 g/mol. The lowest BCUT2D eigenvalue weighted by Crippen LogP contribution is -2.33. The highest BCUT2D eigenvalue weighted by atomic mass is 32.2. The van der Waals surface area contributed by atoms with Gasteiger partial charge >= 0.3 is 0 Å². The topological polar surface area (TPSA) is 286 Å². The number of anilines is 6. The number of nitrogens with one attached hydrogen (secondary N) is 5. The third-order valence-corrected chi connectivity index (χ3v) is 22.3. The van der Waals surface area contributed by atoms with Crippen LogP contribution in [0.3, 0.4) is 0 Å². The molecule has 0 fully saturated rings. The van der Waals surface area contributed by atoms with E-state index in [0.717, 1.165) is 94.8 Å². The molecular formula is C96H104N14O10S. The summed E-state index contributed by atoms with van der Waals surface area (Å²) >= 11 is 0. The summed E-state index contributed by atoms with van der Waals surface area (Å²) in [6, 6.07) is 59.3. The number of aromatic nitrogens is 6. The minimum Gasteiger partial charge on any atom is -0.493 e. The van der Waals surface area contributed by atoms with Gasteiger partial charge in [-0.2, -0.15) is 0 Å². The Hall–Kier alpha value is -13.6. The Morgan fingerprint density at radius 1 is 0.455 bits per heavy atom. The summed E-state index contributed by atoms with van der Waals surface area (Å²) in [5.74, 6) is -0.929. The summed E-state index contributed by atoms with van der Waals surface area (Å²) in [5.41, 5.74) is 13.5. The van der Waals surface area contributed by atoms with Crippen LogP contribution >= 0.6 is 0 Å². The van der Waals surface area contributed by atoms with Crippen molar-refractivity contribution in [3.05, 3.63) is 258 Å². The van der Waals surface area contributed by atoms with E-state index in [0.29, 0.717) is 123 Å². The minimum atomic E-state index is -3.67. The molecule has 0 atom stereocenters. The normalized spacial score (nSPS) is 11.3. The number of carbonyl (C=O) groups is 4. The van der Waals surface area contributed by atoms with Gasteiger partial charge in [0.1, 0.15) is 22.4 Å². The Kier molecular flexibility index (Phi) is 27.3. The molecule has 24 nitrogen and oxygen atoms in total. The number of para-hydroxylation sites is 1. The fourth-order valence-electron chi connectivity index (χ4n) is 15.8. The molecule has 9 aromatic carbocycles. The molecule has 0 unspecified atom stereocenters. The Morgan fingerprint density at radius 3 is 1.40 bits per heavy atom. The second-order valence-corrected chi connectivity index (χ2v) is 30.7. The van der Waals surface area contributed by atoms with Crippen LogP contribution in [0.5, 0.6) is 5.75 Å². The second kappa shape index (κ2) is 38.0. The van der Waals surface area contributed by atoms with Gasteiger partial charge in [-0.15, -0.1) is 0 Å². The highest BCUT2D eigenvalue weighted by Crippen LogP contribution is 2.42. The number of fused-ring (bicyclic) bond motifs is 12. The molecule has 0 saturated heterocycles. The summed E-state index contributed by atoms with van der Waals surface area (Å²) in [4.78, 5) is 117. The van der Waals surface area contributed by atoms with Gasteiger partial charge in [0.15, 0.2) is 0 Å². The zero-order chi connectivity index (χ0) is 86.7. The van der Waals surface area contributed by atoms with Crippen LogP contribution in [0, 0.1) is 13.8 Å². The van der Waals surface area contributed by atoms with Gasteiger partial charge in [0.05, 0.1) is 91.5 Å². The Balaban J connectivity index is 0.000000170. The van der Waals surface area contributed by atoms with Crippen molar-refractivity contribution in [2.24, 2.45) is 0 Å². The van der Waals surface area contributed by atoms with Crippen LogP contribution in [0.1, 0.15) is 128 Å². The van der Waals surface area contributed by atoms with E-state index >= 15 is 0 Å². The molecule has 3 aliphatic heterocycles. The van der Waals surface area contributed by atoms with Crippen molar-refractivity contribution in [3.8, 4) is 39.9 Å². The van der Waals surface area contributed by atoms with Gasteiger partial charge in [0.2, 0.25) is 26.3 Å². The lowest BCUT2D eigenvalue weighted by Gasteiger charge is -2.25. The molecule has 9 aromatic rings. The molecule has 0 saturated carbocycles. The lowest BCUT2D eigenvalue weighted by atomic mass is 9.95. The third kappa shape index (κ3) is 17.7. The number of hydrogen-bond acceptors (Lipinski definition) is 16. The third-order valence-electron chi connectivity index (χ3n) is 21.7. The molecule has 624 valence electrons. The fraction of sp³-hybridized carbons (Fsp3) is 0.271. The number of hydrogen-bond donors (Lipinski definition) is 5. The smallest absolute Gasteiger partial charge is 0.261 e. The van der Waals surface area contributed by atoms with E-state index in [4.69, 9.17) is 19.7 Å². The van der Waals surface area contributed by atoms with Crippen LogP contribution in [0.25, 0.3) is 99.6 Å². The van der Waals surface area contributed by atoms with Crippen LogP contribution in [0.2, 0.25) is 0 Å². The van der Waals surface area contributed by atoms with E-state index in [1.165, 1.54) is 5.56 Å². The molecule has 0 spiro atoms. The maximum Gasteiger partial charge on any atom is 0.261 e. The van der Waals surface area contributed by atoms with Crippen molar-refractivity contribution in [2.45, 2.75) is 109 Å². The molecule has 3 heterocycles. The van der Waals surface area contributed by atoms with Crippen molar-refractivity contribution in [3.63, 3.8) is 0 Å². The van der Waals surface area contributed by atoms with E-state index in [9.17, 15) is 42.0 Å². The number of ether oxygens (including phenoxy) is 1. The van der Waals surface area contributed by atoms with Crippen LogP contribution in [-0.2, 0) is 29.7 Å². The van der Waals surface area contributed by atoms with Crippen LogP contribution in [0.15, 0.2) is 209 Å². The summed E-state index contributed by atoms with van der Waals surface area (Å²) < 4.78 is 39.0. The maximum absolute atomic E-state index is 14.5. The second-order valence-electron chi connectivity index (χ2n) is 29.0. The van der Waals surface area contributed by atoms with Crippen LogP contribution in [-0.4, -0.2) is 127 Å². The number of rotatable bonds is 24. The number of sulfonamides is 1. The summed E-state index contributed by atoms with van der Waals surface area (Å²) in [5, 5.41) is 14.1. The Bertz CT molecular complexity index is 6620. The van der Waals surface area contributed by atoms with E-state index < -0.39 is 38.6 Å². The molecule has 0 bridgehead atoms. The minimum absolute atomic E-state index is 0.0267. The van der Waals surface area contributed by atoms with Crippen LogP contribution in [0.4, 0.5) is 34.1 Å². The quantitative estimate of drug-likeness (QED) is 0.0213. The Morgan fingerprint density at radius 2 is 0.901 bits per heavy atom. The lowest BCUT2D eigenvalue weighted by molar-refractivity contribution is 0.0946. The zero-order valence-corrected chi connectivity index (χ0v) is 72.1. The van der Waals surface area contributed by atoms with E-state index in [2.05, 4.69) is 99.6 Å². The molecule has 0 aromatic heterocycles. The average Bonchev–Trinajstić information content (AvgIpc) is 0.684. The van der Waals surface area contributed by atoms with E-state index in [-0.39, 0.29) is 39.1 Å². The Labute approximate surface area is 704 Å². The molecule has 6 aliphatic rings. The van der Waals surface area contributed by atoms with Crippen molar-refractivity contribution >= 4 is 133 Å². The first-order valence-electron chi connectivity index (χ1n) is 41.3. The van der Waals surface area contributed by atoms with Crippen molar-refractivity contribution in [2.75, 3.05) is 96.3 Å². The highest BCUT2D eigenvalue weighted by molar-refractivity contribution is 7.92. The first kappa shape index (κ1) is 86.8. The molecule has 121 heavy (non-hydrogen) atoms. The van der Waals surface area contributed by atoms with Gasteiger partial charge in [-0.3, -0.25) is 38.3 Å². The predicted octanol–water partition coefficient (Wildman–Crippen LogP) is 17.2. The zero-order valence-electron chi connectivity index (χ0n) is 71.3. The fourth-order valence-corrected chi connectivity index (χ4v) is 16.3. The SMILES string of the molecule is CC.CCN(C)c1ccc2nc3c4ccccc4c(=O)c(C(=O)NC)c-3n(CC)c2c1.CCN(CC)c1ccc2nc3c4c(NC(=O)c5ccccc5)cccc4c(=O)c(C(=O)NCCCOc4ccc(C)cc4C)c-3n(CC)c2c1.CCN(CC)c1ccc2nc3c4c(NS(C)(=O)=O)cccc4c(=O)c(C(=O)Nc4ccccc4)c-3n(CC)c2c1. The number of aryl methyl sites for hydroxylation is 5. The first-order valence-corrected chi connectivity index (χ1v) is 43.2. The standard InChI is InChI=1S/C41H43N5O4.C30H31N5O4S.C23H24N4O2.C2H6/c1-6-45(7-2)29-19-20-31-33(25-29)46(8-3)38-36(41(49)42-22-13-23-50-34-21-18-26(4)24-27(34)5)39(47)30-16-12-17-32(35(30)37(38)43-31)44-40(48)28-14-10-9-11-15-28;1-5-34(6-2)20-16-17-22-24(18-20)35(7-3)28-26(30(37)31-19-12-9-8-10-13-19)29(36)21-14-11-15-23(33-40(4,38)39)25(21)27(28)32-22;1-5-26(4)14-11-12-17-18(13-14)27(6-2)21-19(23(29)24-3)22(28)16-10-8-7-9-15(16)20(21)25-17;1-2/h9-12,14-21,24-25H,6-8,13,22-23H2,1-5H3,(H,42,49)(H,44,48);8-18,33H,5-7H2,1-4H3,(H,31,37);7-13H,5-6H2,1-4H3,(H,24,29);1-2H3. The van der Waals surface area contributed by atoms with Crippen LogP contribution < -0.4 is 61.7 Å². The van der Waals surface area contributed by atoms with Gasteiger partial charge in [-0.05, 0) is 178 Å².